The number of carbonyl (C=O) groups excluding carboxylic acids is 1. The monoisotopic (exact) mass is 902 g/mol. The van der Waals surface area contributed by atoms with Crippen LogP contribution in [0.1, 0.15) is 348 Å². The largest absolute Gasteiger partial charge is 0.394 e. The van der Waals surface area contributed by atoms with Gasteiger partial charge in [-0.25, -0.2) is 0 Å². The van der Waals surface area contributed by atoms with Crippen molar-refractivity contribution in [2.45, 2.75) is 360 Å². The fourth-order valence-electron chi connectivity index (χ4n) is 9.71. The molecular weight excluding hydrogens is 783 g/mol. The maximum Gasteiger partial charge on any atom is 0.220 e. The van der Waals surface area contributed by atoms with Gasteiger partial charge in [-0.1, -0.05) is 315 Å². The molecule has 0 bridgehead atoms. The van der Waals surface area contributed by atoms with Crippen LogP contribution in [-0.2, 0) is 4.79 Å². The third-order valence-corrected chi connectivity index (χ3v) is 14.3. The van der Waals surface area contributed by atoms with Gasteiger partial charge in [-0.05, 0) is 38.5 Å². The van der Waals surface area contributed by atoms with Crippen molar-refractivity contribution in [1.29, 1.82) is 0 Å². The van der Waals surface area contributed by atoms with Crippen LogP contribution < -0.4 is 5.32 Å². The van der Waals surface area contributed by atoms with Gasteiger partial charge in [-0.15, -0.1) is 0 Å². The van der Waals surface area contributed by atoms with E-state index in [1.54, 1.807) is 0 Å². The molecule has 2 unspecified atom stereocenters. The number of aliphatic hydroxyl groups is 2. The van der Waals surface area contributed by atoms with Crippen molar-refractivity contribution in [2.24, 2.45) is 0 Å². The Balaban J connectivity index is 3.39. The van der Waals surface area contributed by atoms with Crippen molar-refractivity contribution in [3.05, 3.63) is 12.2 Å². The van der Waals surface area contributed by atoms with Gasteiger partial charge < -0.3 is 15.5 Å². The molecule has 0 aliphatic rings. The summed E-state index contributed by atoms with van der Waals surface area (Å²) in [6.07, 6.45) is 73.6. The molecule has 0 aliphatic carbocycles. The van der Waals surface area contributed by atoms with Gasteiger partial charge >= 0.3 is 0 Å². The Bertz CT molecular complexity index is 890. The van der Waals surface area contributed by atoms with E-state index in [1.807, 2.05) is 0 Å². The van der Waals surface area contributed by atoms with Gasteiger partial charge in [0.05, 0.1) is 18.8 Å². The van der Waals surface area contributed by atoms with Gasteiger partial charge in [-0.3, -0.25) is 4.79 Å². The Morgan fingerprint density at radius 1 is 0.359 bits per heavy atom. The van der Waals surface area contributed by atoms with Crippen molar-refractivity contribution in [2.75, 3.05) is 6.61 Å². The molecule has 1 amide bonds. The Kier molecular flexibility index (Phi) is 55.7. The molecule has 0 heterocycles. The molecule has 0 saturated carbocycles. The quantitative estimate of drug-likeness (QED) is 0.0421. The fraction of sp³-hybridized carbons (Fsp3) is 0.950. The van der Waals surface area contributed by atoms with Gasteiger partial charge in [-0.2, -0.15) is 0 Å². The predicted octanol–water partition coefficient (Wildman–Crippen LogP) is 19.7. The van der Waals surface area contributed by atoms with Crippen molar-refractivity contribution in [3.63, 3.8) is 0 Å². The highest BCUT2D eigenvalue weighted by atomic mass is 16.3. The second-order valence-corrected chi connectivity index (χ2v) is 20.8. The fourth-order valence-corrected chi connectivity index (χ4v) is 9.71. The van der Waals surface area contributed by atoms with Crippen LogP contribution >= 0.6 is 0 Å². The zero-order valence-electron chi connectivity index (χ0n) is 44.1. The molecule has 0 aromatic rings. The molecule has 0 rings (SSSR count). The lowest BCUT2D eigenvalue weighted by molar-refractivity contribution is -0.123. The maximum absolute atomic E-state index is 12.5. The Morgan fingerprint density at radius 3 is 0.859 bits per heavy atom. The highest BCUT2D eigenvalue weighted by Crippen LogP contribution is 2.18. The van der Waals surface area contributed by atoms with Crippen molar-refractivity contribution in [1.82, 2.24) is 5.32 Å². The topological polar surface area (TPSA) is 69.6 Å². The minimum Gasteiger partial charge on any atom is -0.394 e. The molecule has 0 radical (unpaired) electrons. The van der Waals surface area contributed by atoms with Crippen LogP contribution in [0.3, 0.4) is 0 Å². The number of allylic oxidation sites excluding steroid dienone is 2. The molecule has 382 valence electrons. The van der Waals surface area contributed by atoms with Gasteiger partial charge in [0.2, 0.25) is 5.91 Å². The van der Waals surface area contributed by atoms with E-state index in [0.29, 0.717) is 12.8 Å². The van der Waals surface area contributed by atoms with Crippen LogP contribution in [0.5, 0.6) is 0 Å². The molecule has 4 heteroatoms. The van der Waals surface area contributed by atoms with Crippen molar-refractivity contribution >= 4 is 5.91 Å². The molecular formula is C60H119NO3. The smallest absolute Gasteiger partial charge is 0.220 e. The molecule has 0 fully saturated rings. The number of aliphatic hydroxyl groups excluding tert-OH is 2. The second-order valence-electron chi connectivity index (χ2n) is 20.8. The Morgan fingerprint density at radius 2 is 0.594 bits per heavy atom. The number of hydrogen-bond donors (Lipinski definition) is 3. The number of carbonyl (C=O) groups is 1. The molecule has 0 spiro atoms. The average molecular weight is 903 g/mol. The maximum atomic E-state index is 12.5. The summed E-state index contributed by atoms with van der Waals surface area (Å²) in [5.74, 6) is -0.0235. The molecule has 64 heavy (non-hydrogen) atoms. The number of rotatable bonds is 56. The summed E-state index contributed by atoms with van der Waals surface area (Å²) in [6.45, 7) is 4.40. The first-order chi connectivity index (χ1) is 31.7. The molecule has 0 aliphatic heterocycles. The second kappa shape index (κ2) is 56.5. The van der Waals surface area contributed by atoms with E-state index >= 15 is 0 Å². The molecule has 4 nitrogen and oxygen atoms in total. The van der Waals surface area contributed by atoms with Gasteiger partial charge in [0.25, 0.3) is 0 Å². The summed E-state index contributed by atoms with van der Waals surface area (Å²) in [5.41, 5.74) is 0. The third kappa shape index (κ3) is 52.1. The van der Waals surface area contributed by atoms with Gasteiger partial charge in [0.1, 0.15) is 0 Å². The van der Waals surface area contributed by atoms with E-state index in [-0.39, 0.29) is 12.5 Å². The lowest BCUT2D eigenvalue weighted by atomic mass is 10.0. The molecule has 0 aromatic heterocycles. The third-order valence-electron chi connectivity index (χ3n) is 14.3. The number of unbranched alkanes of at least 4 members (excludes halogenated alkanes) is 47. The summed E-state index contributed by atoms with van der Waals surface area (Å²) in [6, 6.07) is -0.533. The molecule has 0 aromatic carbocycles. The average Bonchev–Trinajstić information content (AvgIpc) is 3.30. The van der Waals surface area contributed by atoms with Crippen LogP contribution in [0.2, 0.25) is 0 Å². The lowest BCUT2D eigenvalue weighted by Crippen LogP contribution is -2.45. The zero-order chi connectivity index (χ0) is 46.3. The standard InChI is InChI=1S/C60H119NO3/c1-3-5-7-9-11-13-15-17-19-21-23-24-25-26-27-28-29-30-31-32-33-34-35-36-38-40-42-44-46-48-50-52-54-56-60(64)61-58(57-62)59(63)55-53-51-49-47-45-43-41-39-37-22-20-18-16-14-12-10-8-6-4-2/h26-27,58-59,62-63H,3-25,28-57H2,1-2H3,(H,61,64)/b27-26-. The first-order valence-electron chi connectivity index (χ1n) is 29.9. The number of hydrogen-bond acceptors (Lipinski definition) is 3. The summed E-state index contributed by atoms with van der Waals surface area (Å²) < 4.78 is 0. The van der Waals surface area contributed by atoms with Crippen LogP contribution in [0.15, 0.2) is 12.2 Å². The molecule has 2 atom stereocenters. The minimum absolute atomic E-state index is 0.0235. The van der Waals surface area contributed by atoms with E-state index in [9.17, 15) is 15.0 Å². The van der Waals surface area contributed by atoms with Gasteiger partial charge in [0.15, 0.2) is 0 Å². The van der Waals surface area contributed by atoms with E-state index in [1.165, 1.54) is 295 Å². The normalized spacial score (nSPS) is 12.8. The highest BCUT2D eigenvalue weighted by Gasteiger charge is 2.20. The van der Waals surface area contributed by atoms with E-state index in [4.69, 9.17) is 0 Å². The van der Waals surface area contributed by atoms with Gasteiger partial charge in [0, 0.05) is 6.42 Å². The first-order valence-corrected chi connectivity index (χ1v) is 29.9. The van der Waals surface area contributed by atoms with E-state index < -0.39 is 12.1 Å². The van der Waals surface area contributed by atoms with Crippen molar-refractivity contribution in [3.8, 4) is 0 Å². The lowest BCUT2D eigenvalue weighted by Gasteiger charge is -2.22. The highest BCUT2D eigenvalue weighted by molar-refractivity contribution is 5.76. The first kappa shape index (κ1) is 63.1. The Labute approximate surface area is 403 Å². The van der Waals surface area contributed by atoms with Crippen molar-refractivity contribution < 1.29 is 15.0 Å². The summed E-state index contributed by atoms with van der Waals surface area (Å²) in [4.78, 5) is 12.5. The summed E-state index contributed by atoms with van der Waals surface area (Å²) >= 11 is 0. The number of amides is 1. The summed E-state index contributed by atoms with van der Waals surface area (Å²) in [7, 11) is 0. The van der Waals surface area contributed by atoms with E-state index in [2.05, 4.69) is 31.3 Å². The predicted molar refractivity (Wildman–Crippen MR) is 286 cm³/mol. The molecule has 3 N–H and O–H groups in total. The SMILES string of the molecule is CCCCCCCCCCCCCC/C=C\CCCCCCCCCCCCCCCCCCCC(=O)NC(CO)C(O)CCCCCCCCCCCCCCCCCCCCC. The molecule has 0 saturated heterocycles. The van der Waals surface area contributed by atoms with Crippen LogP contribution in [-0.4, -0.2) is 34.9 Å². The van der Waals surface area contributed by atoms with Crippen LogP contribution in [0.4, 0.5) is 0 Å². The van der Waals surface area contributed by atoms with E-state index in [0.717, 1.165) is 25.7 Å². The van der Waals surface area contributed by atoms with Crippen LogP contribution in [0.25, 0.3) is 0 Å². The zero-order valence-corrected chi connectivity index (χ0v) is 44.1. The summed E-state index contributed by atoms with van der Waals surface area (Å²) in [5, 5.41) is 23.4. The minimum atomic E-state index is -0.656. The Hall–Kier alpha value is -0.870. The number of nitrogens with one attached hydrogen (secondary N) is 1. The van der Waals surface area contributed by atoms with Crippen LogP contribution in [0, 0.1) is 0 Å².